The van der Waals surface area contributed by atoms with Gasteiger partial charge in [0.15, 0.2) is 25.7 Å². The minimum Gasteiger partial charge on any atom is -0.408 e. The van der Waals surface area contributed by atoms with Gasteiger partial charge in [-0.2, -0.15) is 10.2 Å². The molecule has 1 amide bonds. The number of aliphatic hydroxyl groups is 1. The van der Waals surface area contributed by atoms with Crippen molar-refractivity contribution in [2.75, 3.05) is 30.5 Å². The summed E-state index contributed by atoms with van der Waals surface area (Å²) in [4.78, 5) is 54.6. The Hall–Kier alpha value is -3.10. The van der Waals surface area contributed by atoms with Crippen molar-refractivity contribution in [3.63, 3.8) is 0 Å². The van der Waals surface area contributed by atoms with E-state index in [2.05, 4.69) is 35.6 Å². The molecule has 0 aromatic carbocycles. The molecular formula is C33H50FN9O11P2SSi. The van der Waals surface area contributed by atoms with Crippen LogP contribution in [-0.2, 0) is 48.4 Å². The quantitative estimate of drug-likeness (QED) is 0.0687. The highest BCUT2D eigenvalue weighted by atomic mass is 32.5. The van der Waals surface area contributed by atoms with Gasteiger partial charge in [0, 0.05) is 18.0 Å². The van der Waals surface area contributed by atoms with E-state index in [1.165, 1.54) is 29.5 Å². The lowest BCUT2D eigenvalue weighted by Gasteiger charge is -2.41. The molecular weight excluding hydrogens is 840 g/mol. The van der Waals surface area contributed by atoms with E-state index in [1.807, 2.05) is 39.9 Å². The zero-order valence-electron chi connectivity index (χ0n) is 33.0. The van der Waals surface area contributed by atoms with Crippen molar-refractivity contribution in [1.29, 1.82) is 5.26 Å². The number of nitrogens with zero attached hydrogens (tertiary/aromatic N) is 6. The number of hydrogen-bond acceptors (Lipinski definition) is 17. The van der Waals surface area contributed by atoms with Crippen LogP contribution in [-0.4, -0.2) is 110 Å². The Bertz CT molecular complexity index is 2070. The van der Waals surface area contributed by atoms with E-state index in [1.54, 1.807) is 13.8 Å². The number of alkyl halides is 1. The van der Waals surface area contributed by atoms with E-state index < -0.39 is 96.1 Å². The van der Waals surface area contributed by atoms with Crippen LogP contribution in [0.5, 0.6) is 0 Å². The molecule has 1 unspecified atom stereocenters. The molecule has 25 heteroatoms. The highest BCUT2D eigenvalue weighted by Gasteiger charge is 2.54. The summed E-state index contributed by atoms with van der Waals surface area (Å²) in [5.41, 5.74) is -0.759. The average Bonchev–Trinajstić information content (AvgIpc) is 3.80. The Morgan fingerprint density at radius 1 is 1.28 bits per heavy atom. The van der Waals surface area contributed by atoms with Crippen LogP contribution >= 0.6 is 15.0 Å². The van der Waals surface area contributed by atoms with Gasteiger partial charge in [0.25, 0.3) is 5.56 Å². The summed E-state index contributed by atoms with van der Waals surface area (Å²) >= 11 is 5.97. The maximum Gasteiger partial charge on any atom is 0.327 e. The van der Waals surface area contributed by atoms with E-state index in [9.17, 15) is 29.4 Å². The van der Waals surface area contributed by atoms with Crippen LogP contribution in [0.1, 0.15) is 53.7 Å². The number of nitriles is 1. The molecule has 5 N–H and O–H groups in total. The van der Waals surface area contributed by atoms with Gasteiger partial charge in [0.05, 0.1) is 44.7 Å². The minimum atomic E-state index is -4.02. The third kappa shape index (κ3) is 10.8. The van der Waals surface area contributed by atoms with Crippen LogP contribution in [0.3, 0.4) is 0 Å². The number of imidazole rings is 1. The maximum absolute atomic E-state index is 15.9. The second-order valence-electron chi connectivity index (χ2n) is 15.7. The average molecular weight is 890 g/mol. The molecule has 5 rings (SSSR count). The molecule has 0 radical (unpaired) electrons. The van der Waals surface area contributed by atoms with Crippen molar-refractivity contribution in [3.8, 4) is 6.07 Å². The van der Waals surface area contributed by atoms with Crippen LogP contribution in [0, 0.1) is 23.2 Å². The molecule has 1 aliphatic heterocycles. The lowest BCUT2D eigenvalue weighted by Crippen LogP contribution is -2.50. The van der Waals surface area contributed by atoms with Gasteiger partial charge in [0.2, 0.25) is 11.9 Å². The normalized spacial score (nSPS) is 26.7. The van der Waals surface area contributed by atoms with E-state index in [4.69, 9.17) is 39.1 Å². The summed E-state index contributed by atoms with van der Waals surface area (Å²) in [5.74, 6) is -1.51. The van der Waals surface area contributed by atoms with Crippen LogP contribution in [0.2, 0.25) is 18.1 Å². The minimum absolute atomic E-state index is 0.00733. The van der Waals surface area contributed by atoms with Gasteiger partial charge in [-0.05, 0) is 42.4 Å². The molecule has 58 heavy (non-hydrogen) atoms. The third-order valence-electron chi connectivity index (χ3n) is 10.2. The number of nitrogens with one attached hydrogen (secondary N) is 3. The molecule has 3 aromatic heterocycles. The van der Waals surface area contributed by atoms with Gasteiger partial charge >= 0.3 is 15.0 Å². The highest BCUT2D eigenvalue weighted by Crippen LogP contribution is 2.56. The molecule has 10 atom stereocenters. The topological polar surface area (TPSA) is 267 Å². The zero-order chi connectivity index (χ0) is 42.6. The monoisotopic (exact) mass is 889 g/mol. The number of hydrogen-bond donors (Lipinski definition) is 5. The van der Waals surface area contributed by atoms with Gasteiger partial charge in [-0.25, -0.2) is 19.3 Å². The number of amides is 1. The fourth-order valence-electron chi connectivity index (χ4n) is 6.14. The zero-order valence-corrected chi connectivity index (χ0v) is 36.7. The van der Waals surface area contributed by atoms with Crippen molar-refractivity contribution < 1.29 is 51.0 Å². The maximum atomic E-state index is 15.9. The van der Waals surface area contributed by atoms with E-state index in [-0.39, 0.29) is 48.2 Å². The summed E-state index contributed by atoms with van der Waals surface area (Å²) in [6.07, 6.45) is -3.75. The number of anilines is 2. The number of fused-ring (bicyclic) bond motifs is 1. The van der Waals surface area contributed by atoms with Crippen LogP contribution < -0.4 is 16.2 Å². The molecule has 3 aromatic rings. The summed E-state index contributed by atoms with van der Waals surface area (Å²) in [6, 6.07) is 2.61. The Labute approximate surface area is 340 Å². The van der Waals surface area contributed by atoms with Crippen molar-refractivity contribution in [1.82, 2.24) is 29.5 Å². The van der Waals surface area contributed by atoms with Gasteiger partial charge < -0.3 is 38.1 Å². The Balaban J connectivity index is 1.53. The third-order valence-corrected chi connectivity index (χ3v) is 17.5. The molecule has 2 fully saturated rings. The number of carbonyl (C=O) groups excluding carboxylic acids is 1. The first-order chi connectivity index (χ1) is 27.3. The molecule has 1 aliphatic carbocycles. The predicted molar refractivity (Wildman–Crippen MR) is 215 cm³/mol. The smallest absolute Gasteiger partial charge is 0.327 e. The van der Waals surface area contributed by atoms with E-state index >= 15 is 4.39 Å². The number of carbonyl (C=O) groups is 1. The van der Waals surface area contributed by atoms with Crippen molar-refractivity contribution in [2.24, 2.45) is 11.8 Å². The Morgan fingerprint density at radius 2 is 2.02 bits per heavy atom. The number of aromatic amines is 1. The SMILES string of the molecule is CC(C)C(=O)Nc1nc2c(ncn2[C@@H]2O[C@H](CO)[C@@H](O[Si](C)(C)C(C)(C)C)[C@H]2O[P@](=S)(OCCC#N)OC[C@H]2C[C@@H](Nc3ccncn3)[C@H](F)[C@@H]2O[PH](=O)O)c(=O)[nH]1. The fraction of sp³-hybridized carbons (Fsp3) is 0.667. The standard InChI is InChI=1S/C33H50FN9O11P2SSi/c1-18(2)29(45)41-32-40-28-24(30(46)42-32)38-17-43(28)31-27(26(21(14-44)51-31)54-58(6,7)33(3,4)5)53-56(57,49-12-8-10-35)50-15-19-13-20(23(34)25(19)52-55(47)48)39-22-9-11-36-16-37-22/h9,11,16-21,23,25-27,31,44,55H,8,12-15H2,1-7H3,(H,47,48)(H,36,37,39)(H2,40,41,42,45,46)/t19-,20-,21-,23+,25-,26-,27-,31-,56+/m1/s1. The van der Waals surface area contributed by atoms with E-state index in [0.717, 1.165) is 0 Å². The van der Waals surface area contributed by atoms with Crippen molar-refractivity contribution in [2.45, 2.75) is 108 Å². The van der Waals surface area contributed by atoms with Gasteiger partial charge in [-0.3, -0.25) is 33.5 Å². The molecule has 0 spiro atoms. The lowest BCUT2D eigenvalue weighted by atomic mass is 10.1. The highest BCUT2D eigenvalue weighted by molar-refractivity contribution is 8.07. The first-order valence-electron chi connectivity index (χ1n) is 18.5. The van der Waals surface area contributed by atoms with Crippen molar-refractivity contribution >= 4 is 63.9 Å². The molecule has 20 nitrogen and oxygen atoms in total. The van der Waals surface area contributed by atoms with Gasteiger partial charge in [0.1, 0.15) is 42.7 Å². The molecule has 4 heterocycles. The first kappa shape index (κ1) is 46.0. The largest absolute Gasteiger partial charge is 0.408 e. The van der Waals surface area contributed by atoms with Crippen molar-refractivity contribution in [3.05, 3.63) is 35.3 Å². The Morgan fingerprint density at radius 3 is 2.64 bits per heavy atom. The Kier molecular flexibility index (Phi) is 15.1. The number of aliphatic hydroxyl groups excluding tert-OH is 1. The van der Waals surface area contributed by atoms with E-state index in [0.29, 0.717) is 5.82 Å². The number of H-pyrrole nitrogens is 1. The number of aromatic nitrogens is 6. The van der Waals surface area contributed by atoms with Crippen LogP contribution in [0.15, 0.2) is 29.7 Å². The second-order valence-corrected chi connectivity index (χ2v) is 24.1. The van der Waals surface area contributed by atoms with Gasteiger partial charge in [-0.15, -0.1) is 0 Å². The summed E-state index contributed by atoms with van der Waals surface area (Å²) in [5, 5.41) is 25.3. The van der Waals surface area contributed by atoms with Crippen LogP contribution in [0.25, 0.3) is 11.2 Å². The molecule has 1 saturated carbocycles. The lowest BCUT2D eigenvalue weighted by molar-refractivity contribution is -0.118. The molecule has 320 valence electrons. The number of ether oxygens (including phenoxy) is 1. The summed E-state index contributed by atoms with van der Waals surface area (Å²) < 4.78 is 66.5. The second kappa shape index (κ2) is 19.1. The molecule has 0 bridgehead atoms. The predicted octanol–water partition coefficient (Wildman–Crippen LogP) is 3.95. The summed E-state index contributed by atoms with van der Waals surface area (Å²) in [7, 11) is -6.30. The molecule has 1 saturated heterocycles. The van der Waals surface area contributed by atoms with Crippen LogP contribution in [0.4, 0.5) is 16.2 Å². The number of halogens is 1. The van der Waals surface area contributed by atoms with Gasteiger partial charge in [-0.1, -0.05) is 34.6 Å². The molecule has 2 aliphatic rings. The summed E-state index contributed by atoms with van der Waals surface area (Å²) in [6.45, 7) is 8.24. The first-order valence-corrected chi connectivity index (χ1v) is 25.2. The number of rotatable bonds is 18. The fourth-order valence-corrected chi connectivity index (χ4v) is 10.1.